The molecule has 0 fully saturated rings. The van der Waals surface area contributed by atoms with Crippen molar-refractivity contribution >= 4 is 5.71 Å². The fourth-order valence-corrected chi connectivity index (χ4v) is 2.17. The highest BCUT2D eigenvalue weighted by Crippen LogP contribution is 2.26. The molecule has 0 amide bonds. The average molecular weight is 244 g/mol. The Morgan fingerprint density at radius 2 is 2.33 bits per heavy atom. The van der Waals surface area contributed by atoms with Crippen LogP contribution in [-0.4, -0.2) is 17.0 Å². The van der Waals surface area contributed by atoms with E-state index in [0.29, 0.717) is 17.9 Å². The van der Waals surface area contributed by atoms with Crippen LogP contribution in [0, 0.1) is 11.3 Å². The molecule has 1 unspecified atom stereocenters. The summed E-state index contributed by atoms with van der Waals surface area (Å²) in [6.07, 6.45) is 2.99. The number of benzene rings is 1. The third kappa shape index (κ3) is 2.45. The summed E-state index contributed by atoms with van der Waals surface area (Å²) in [6, 6.07) is 7.83. The van der Waals surface area contributed by atoms with Gasteiger partial charge in [0.05, 0.1) is 5.71 Å². The Labute approximate surface area is 106 Å². The topological polar surface area (TPSA) is 65.6 Å². The molecular formula is C14H16N2O2. The second-order valence-corrected chi connectivity index (χ2v) is 4.36. The molecule has 1 aromatic carbocycles. The van der Waals surface area contributed by atoms with E-state index in [1.54, 1.807) is 0 Å². The molecule has 0 radical (unpaired) electrons. The van der Waals surface area contributed by atoms with Crippen LogP contribution < -0.4 is 4.74 Å². The standard InChI is InChI=1S/C14H16N2O2/c1-2-11(9-15)18-12-7-6-10-4-3-5-14(16-17)13(10)8-12/h6-8,11,17H,2-5H2,1H3/b16-14-. The Balaban J connectivity index is 2.28. The van der Waals surface area contributed by atoms with Crippen molar-refractivity contribution in [3.05, 3.63) is 29.3 Å². The van der Waals surface area contributed by atoms with Crippen LogP contribution in [-0.2, 0) is 6.42 Å². The van der Waals surface area contributed by atoms with Crippen molar-refractivity contribution in [1.29, 1.82) is 5.26 Å². The van der Waals surface area contributed by atoms with E-state index in [-0.39, 0.29) is 0 Å². The number of oxime groups is 1. The third-order valence-electron chi connectivity index (χ3n) is 3.17. The van der Waals surface area contributed by atoms with Gasteiger partial charge in [-0.25, -0.2) is 0 Å². The zero-order chi connectivity index (χ0) is 13.0. The monoisotopic (exact) mass is 244 g/mol. The lowest BCUT2D eigenvalue weighted by molar-refractivity contribution is 0.252. The van der Waals surface area contributed by atoms with Crippen molar-refractivity contribution in [2.24, 2.45) is 5.16 Å². The van der Waals surface area contributed by atoms with Crippen molar-refractivity contribution in [2.75, 3.05) is 0 Å². The van der Waals surface area contributed by atoms with Gasteiger partial charge in [-0.05, 0) is 43.4 Å². The Bertz CT molecular complexity index is 503. The van der Waals surface area contributed by atoms with Crippen molar-refractivity contribution in [3.63, 3.8) is 0 Å². The number of aryl methyl sites for hydroxylation is 1. The summed E-state index contributed by atoms with van der Waals surface area (Å²) in [4.78, 5) is 0. The first kappa shape index (κ1) is 12.4. The van der Waals surface area contributed by atoms with Gasteiger partial charge in [-0.3, -0.25) is 0 Å². The molecule has 4 heteroatoms. The Morgan fingerprint density at radius 1 is 1.50 bits per heavy atom. The third-order valence-corrected chi connectivity index (χ3v) is 3.17. The molecule has 0 saturated carbocycles. The van der Waals surface area contributed by atoms with Gasteiger partial charge in [0.25, 0.3) is 0 Å². The molecule has 1 aromatic rings. The molecule has 18 heavy (non-hydrogen) atoms. The van der Waals surface area contributed by atoms with Crippen molar-refractivity contribution in [1.82, 2.24) is 0 Å². The van der Waals surface area contributed by atoms with Gasteiger partial charge in [0.1, 0.15) is 11.8 Å². The summed E-state index contributed by atoms with van der Waals surface area (Å²) in [6.45, 7) is 1.91. The lowest BCUT2D eigenvalue weighted by Crippen LogP contribution is -2.15. The minimum Gasteiger partial charge on any atom is -0.476 e. The molecule has 94 valence electrons. The molecule has 1 aliphatic carbocycles. The number of nitrogens with zero attached hydrogens (tertiary/aromatic N) is 2. The van der Waals surface area contributed by atoms with Crippen LogP contribution in [0.1, 0.15) is 37.3 Å². The van der Waals surface area contributed by atoms with Gasteiger partial charge in [-0.15, -0.1) is 0 Å². The second-order valence-electron chi connectivity index (χ2n) is 4.36. The maximum Gasteiger partial charge on any atom is 0.184 e. The molecule has 0 saturated heterocycles. The summed E-state index contributed by atoms with van der Waals surface area (Å²) in [5.41, 5.74) is 2.81. The predicted octanol–water partition coefficient (Wildman–Crippen LogP) is 2.88. The van der Waals surface area contributed by atoms with Crippen LogP contribution in [0.4, 0.5) is 0 Å². The van der Waals surface area contributed by atoms with Gasteiger partial charge in [0, 0.05) is 5.56 Å². The maximum atomic E-state index is 9.00. The number of hydrogen-bond donors (Lipinski definition) is 1. The predicted molar refractivity (Wildman–Crippen MR) is 68.0 cm³/mol. The zero-order valence-corrected chi connectivity index (χ0v) is 10.4. The van der Waals surface area contributed by atoms with Crippen LogP contribution in [0.25, 0.3) is 0 Å². The SMILES string of the molecule is CCC(C#N)Oc1ccc2c(c1)/C(=N\O)CCC2. The van der Waals surface area contributed by atoms with Crippen LogP contribution in [0.3, 0.4) is 0 Å². The van der Waals surface area contributed by atoms with Crippen molar-refractivity contribution in [3.8, 4) is 11.8 Å². The van der Waals surface area contributed by atoms with E-state index in [2.05, 4.69) is 11.2 Å². The van der Waals surface area contributed by atoms with Crippen LogP contribution in [0.5, 0.6) is 5.75 Å². The van der Waals surface area contributed by atoms with Gasteiger partial charge in [0.2, 0.25) is 0 Å². The highest BCUT2D eigenvalue weighted by atomic mass is 16.5. The Kier molecular flexibility index (Phi) is 3.83. The molecule has 4 nitrogen and oxygen atoms in total. The highest BCUT2D eigenvalue weighted by Gasteiger charge is 2.17. The molecule has 0 spiro atoms. The van der Waals surface area contributed by atoms with E-state index >= 15 is 0 Å². The molecule has 0 bridgehead atoms. The largest absolute Gasteiger partial charge is 0.476 e. The lowest BCUT2D eigenvalue weighted by atomic mass is 9.90. The van der Waals surface area contributed by atoms with Crippen molar-refractivity contribution < 1.29 is 9.94 Å². The summed E-state index contributed by atoms with van der Waals surface area (Å²) >= 11 is 0. The quantitative estimate of drug-likeness (QED) is 0.656. The summed E-state index contributed by atoms with van der Waals surface area (Å²) in [5.74, 6) is 0.658. The lowest BCUT2D eigenvalue weighted by Gasteiger charge is -2.18. The van der Waals surface area contributed by atoms with E-state index in [4.69, 9.17) is 15.2 Å². The van der Waals surface area contributed by atoms with E-state index in [9.17, 15) is 0 Å². The fraction of sp³-hybridized carbons (Fsp3) is 0.429. The average Bonchev–Trinajstić information content (AvgIpc) is 2.43. The van der Waals surface area contributed by atoms with Crippen LogP contribution in [0.2, 0.25) is 0 Å². The number of ether oxygens (including phenoxy) is 1. The van der Waals surface area contributed by atoms with Gasteiger partial charge in [-0.1, -0.05) is 18.1 Å². The zero-order valence-electron chi connectivity index (χ0n) is 10.4. The van der Waals surface area contributed by atoms with Crippen LogP contribution in [0.15, 0.2) is 23.4 Å². The molecule has 0 heterocycles. The first-order chi connectivity index (χ1) is 8.78. The molecule has 1 atom stereocenters. The Hall–Kier alpha value is -2.02. The van der Waals surface area contributed by atoms with E-state index in [1.807, 2.05) is 25.1 Å². The minimum atomic E-state index is -0.429. The molecule has 0 aliphatic heterocycles. The van der Waals surface area contributed by atoms with Gasteiger partial charge in [0.15, 0.2) is 6.10 Å². The number of fused-ring (bicyclic) bond motifs is 1. The Morgan fingerprint density at radius 3 is 3.00 bits per heavy atom. The summed E-state index contributed by atoms with van der Waals surface area (Å²) < 4.78 is 5.57. The van der Waals surface area contributed by atoms with Gasteiger partial charge >= 0.3 is 0 Å². The normalized spacial score (nSPS) is 17.9. The fourth-order valence-electron chi connectivity index (χ4n) is 2.17. The van der Waals surface area contributed by atoms with Gasteiger partial charge < -0.3 is 9.94 Å². The number of nitriles is 1. The van der Waals surface area contributed by atoms with Crippen LogP contribution >= 0.6 is 0 Å². The molecule has 1 N–H and O–H groups in total. The highest BCUT2D eigenvalue weighted by molar-refractivity contribution is 6.02. The molecule has 0 aromatic heterocycles. The first-order valence-corrected chi connectivity index (χ1v) is 6.19. The minimum absolute atomic E-state index is 0.429. The molecule has 2 rings (SSSR count). The summed E-state index contributed by atoms with van der Waals surface area (Å²) in [5, 5.41) is 21.2. The first-order valence-electron chi connectivity index (χ1n) is 6.19. The molecule has 1 aliphatic rings. The molecular weight excluding hydrogens is 228 g/mol. The van der Waals surface area contributed by atoms with E-state index in [0.717, 1.165) is 24.8 Å². The maximum absolute atomic E-state index is 9.00. The van der Waals surface area contributed by atoms with Gasteiger partial charge in [-0.2, -0.15) is 5.26 Å². The van der Waals surface area contributed by atoms with Crippen molar-refractivity contribution in [2.45, 2.75) is 38.7 Å². The summed E-state index contributed by atoms with van der Waals surface area (Å²) in [7, 11) is 0. The second kappa shape index (κ2) is 5.54. The number of rotatable bonds is 3. The number of hydrogen-bond acceptors (Lipinski definition) is 4. The smallest absolute Gasteiger partial charge is 0.184 e. The van der Waals surface area contributed by atoms with E-state index in [1.165, 1.54) is 5.56 Å². The van der Waals surface area contributed by atoms with E-state index < -0.39 is 6.10 Å².